The van der Waals surface area contributed by atoms with E-state index >= 15 is 0 Å². The monoisotopic (exact) mass is 266 g/mol. The van der Waals surface area contributed by atoms with Crippen LogP contribution >= 0.6 is 11.3 Å². The molecule has 2 unspecified atom stereocenters. The van der Waals surface area contributed by atoms with Crippen LogP contribution in [0.2, 0.25) is 0 Å². The van der Waals surface area contributed by atoms with Crippen LogP contribution in [-0.2, 0) is 0 Å². The van der Waals surface area contributed by atoms with Crippen molar-refractivity contribution in [3.05, 3.63) is 22.4 Å². The summed E-state index contributed by atoms with van der Waals surface area (Å²) in [6, 6.07) is 2.86. The average Bonchev–Trinajstić information content (AvgIpc) is 3.02. The van der Waals surface area contributed by atoms with E-state index in [1.54, 1.807) is 11.3 Å². The van der Waals surface area contributed by atoms with Gasteiger partial charge in [-0.3, -0.25) is 4.90 Å². The lowest BCUT2D eigenvalue weighted by Crippen LogP contribution is -2.40. The second kappa shape index (κ2) is 6.69. The highest BCUT2D eigenvalue weighted by Gasteiger charge is 2.26. The van der Waals surface area contributed by atoms with Crippen molar-refractivity contribution in [1.29, 1.82) is 0 Å². The van der Waals surface area contributed by atoms with Crippen molar-refractivity contribution in [3.8, 4) is 0 Å². The van der Waals surface area contributed by atoms with Crippen molar-refractivity contribution in [3.63, 3.8) is 0 Å². The lowest BCUT2D eigenvalue weighted by atomic mass is 9.97. The summed E-state index contributed by atoms with van der Waals surface area (Å²) < 4.78 is 0. The Labute approximate surface area is 115 Å². The number of hydrogen-bond donors (Lipinski definition) is 1. The van der Waals surface area contributed by atoms with Crippen LogP contribution in [0, 0.1) is 5.92 Å². The third-order valence-corrected chi connectivity index (χ3v) is 4.96. The highest BCUT2D eigenvalue weighted by atomic mass is 32.1. The minimum absolute atomic E-state index is 0.242. The zero-order chi connectivity index (χ0) is 13.0. The Morgan fingerprint density at radius 1 is 1.44 bits per heavy atom. The minimum Gasteiger partial charge on any atom is -0.326 e. The number of rotatable bonds is 6. The zero-order valence-corrected chi connectivity index (χ0v) is 12.5. The number of thiophene rings is 1. The Hall–Kier alpha value is -0.380. The van der Waals surface area contributed by atoms with E-state index in [0.29, 0.717) is 6.04 Å². The Morgan fingerprint density at radius 3 is 2.72 bits per heavy atom. The van der Waals surface area contributed by atoms with Crippen LogP contribution < -0.4 is 5.73 Å². The SMILES string of the molecule is CCC(N)C(c1ccsc1)N(C)CC1CCCC1. The molecule has 2 rings (SSSR count). The molecule has 0 spiro atoms. The molecule has 0 bridgehead atoms. The van der Waals surface area contributed by atoms with Gasteiger partial charge < -0.3 is 5.73 Å². The van der Waals surface area contributed by atoms with Gasteiger partial charge in [0.15, 0.2) is 0 Å². The molecule has 2 atom stereocenters. The van der Waals surface area contributed by atoms with Crippen LogP contribution in [0.1, 0.15) is 50.6 Å². The first-order valence-corrected chi connectivity index (χ1v) is 8.14. The average molecular weight is 266 g/mol. The summed E-state index contributed by atoms with van der Waals surface area (Å²) in [7, 11) is 2.25. The van der Waals surface area contributed by atoms with E-state index in [-0.39, 0.29) is 6.04 Å². The van der Waals surface area contributed by atoms with Crippen LogP contribution in [0.15, 0.2) is 16.8 Å². The van der Waals surface area contributed by atoms with E-state index < -0.39 is 0 Å². The Bertz CT molecular complexity index is 330. The molecule has 0 aromatic carbocycles. The van der Waals surface area contributed by atoms with E-state index in [0.717, 1.165) is 12.3 Å². The molecule has 1 aromatic rings. The second-order valence-electron chi connectivity index (χ2n) is 5.66. The van der Waals surface area contributed by atoms with Gasteiger partial charge in [-0.15, -0.1) is 0 Å². The van der Waals surface area contributed by atoms with Crippen molar-refractivity contribution in [2.75, 3.05) is 13.6 Å². The standard InChI is InChI=1S/C15H26N2S/c1-3-14(16)15(13-8-9-18-11-13)17(2)10-12-6-4-5-7-12/h8-9,11-12,14-15H,3-7,10,16H2,1-2H3. The highest BCUT2D eigenvalue weighted by molar-refractivity contribution is 7.07. The summed E-state index contributed by atoms with van der Waals surface area (Å²) >= 11 is 1.77. The molecule has 0 saturated heterocycles. The van der Waals surface area contributed by atoms with Crippen LogP contribution in [0.25, 0.3) is 0 Å². The molecule has 1 aliphatic rings. The maximum Gasteiger partial charge on any atom is 0.0504 e. The van der Waals surface area contributed by atoms with Gasteiger partial charge in [0, 0.05) is 12.6 Å². The maximum absolute atomic E-state index is 6.35. The summed E-state index contributed by atoms with van der Waals surface area (Å²) in [5.41, 5.74) is 7.74. The van der Waals surface area contributed by atoms with Gasteiger partial charge in [-0.2, -0.15) is 11.3 Å². The number of nitrogens with zero attached hydrogens (tertiary/aromatic N) is 1. The lowest BCUT2D eigenvalue weighted by Gasteiger charge is -2.33. The topological polar surface area (TPSA) is 29.3 Å². The third kappa shape index (κ3) is 3.34. The van der Waals surface area contributed by atoms with Crippen molar-refractivity contribution >= 4 is 11.3 Å². The maximum atomic E-state index is 6.35. The Balaban J connectivity index is 2.03. The summed E-state index contributed by atoms with van der Waals surface area (Å²) in [6.45, 7) is 3.39. The lowest BCUT2D eigenvalue weighted by molar-refractivity contribution is 0.181. The molecule has 1 saturated carbocycles. The summed E-state index contributed by atoms with van der Waals surface area (Å²) in [6.07, 6.45) is 6.68. The van der Waals surface area contributed by atoms with Crippen molar-refractivity contribution in [2.45, 2.75) is 51.1 Å². The summed E-state index contributed by atoms with van der Waals surface area (Å²) in [5.74, 6) is 0.889. The van der Waals surface area contributed by atoms with Crippen LogP contribution in [0.3, 0.4) is 0 Å². The molecule has 18 heavy (non-hydrogen) atoms. The first kappa shape index (κ1) is 14.0. The fraction of sp³-hybridized carbons (Fsp3) is 0.733. The number of likely N-dealkylation sites (N-methyl/N-ethyl adjacent to an activating group) is 1. The van der Waals surface area contributed by atoms with Gasteiger partial charge in [0.2, 0.25) is 0 Å². The molecule has 102 valence electrons. The largest absolute Gasteiger partial charge is 0.326 e. The molecule has 0 radical (unpaired) electrons. The van der Waals surface area contributed by atoms with Gasteiger partial charge in [0.1, 0.15) is 0 Å². The Kier molecular flexibility index (Phi) is 5.22. The molecule has 1 aromatic heterocycles. The molecule has 1 fully saturated rings. The normalized spacial score (nSPS) is 20.4. The quantitative estimate of drug-likeness (QED) is 0.851. The predicted octanol–water partition coefficient (Wildman–Crippen LogP) is 3.65. The molecule has 2 N–H and O–H groups in total. The minimum atomic E-state index is 0.242. The van der Waals surface area contributed by atoms with E-state index in [1.807, 2.05) is 0 Å². The molecule has 0 amide bonds. The van der Waals surface area contributed by atoms with Gasteiger partial charge in [-0.05, 0) is 54.6 Å². The molecule has 1 aliphatic carbocycles. The third-order valence-electron chi connectivity index (χ3n) is 4.26. The fourth-order valence-electron chi connectivity index (χ4n) is 3.21. The molecule has 1 heterocycles. The second-order valence-corrected chi connectivity index (χ2v) is 6.44. The van der Waals surface area contributed by atoms with Gasteiger partial charge in [0.05, 0.1) is 6.04 Å². The number of hydrogen-bond acceptors (Lipinski definition) is 3. The van der Waals surface area contributed by atoms with E-state index in [4.69, 9.17) is 5.73 Å². The van der Waals surface area contributed by atoms with E-state index in [1.165, 1.54) is 37.8 Å². The van der Waals surface area contributed by atoms with Crippen molar-refractivity contribution in [1.82, 2.24) is 4.90 Å². The van der Waals surface area contributed by atoms with Crippen LogP contribution in [0.4, 0.5) is 0 Å². The fourth-order valence-corrected chi connectivity index (χ4v) is 3.90. The summed E-state index contributed by atoms with van der Waals surface area (Å²) in [5, 5.41) is 4.42. The summed E-state index contributed by atoms with van der Waals surface area (Å²) in [4.78, 5) is 2.49. The first-order valence-electron chi connectivity index (χ1n) is 7.20. The smallest absolute Gasteiger partial charge is 0.0504 e. The molecule has 0 aliphatic heterocycles. The van der Waals surface area contributed by atoms with Crippen molar-refractivity contribution in [2.24, 2.45) is 11.7 Å². The molecular weight excluding hydrogens is 240 g/mol. The number of nitrogens with two attached hydrogens (primary N) is 1. The van der Waals surface area contributed by atoms with Crippen LogP contribution in [-0.4, -0.2) is 24.5 Å². The highest BCUT2D eigenvalue weighted by Crippen LogP contribution is 2.30. The zero-order valence-electron chi connectivity index (χ0n) is 11.6. The van der Waals surface area contributed by atoms with E-state index in [2.05, 4.69) is 35.7 Å². The van der Waals surface area contributed by atoms with Gasteiger partial charge in [0.25, 0.3) is 0 Å². The Morgan fingerprint density at radius 2 is 2.17 bits per heavy atom. The molecule has 3 heteroatoms. The van der Waals surface area contributed by atoms with Gasteiger partial charge in [-0.1, -0.05) is 19.8 Å². The molecular formula is C15H26N2S. The predicted molar refractivity (Wildman–Crippen MR) is 79.9 cm³/mol. The van der Waals surface area contributed by atoms with Crippen LogP contribution in [0.5, 0.6) is 0 Å². The first-order chi connectivity index (χ1) is 8.72. The van der Waals surface area contributed by atoms with E-state index in [9.17, 15) is 0 Å². The molecule has 2 nitrogen and oxygen atoms in total. The van der Waals surface area contributed by atoms with Gasteiger partial charge >= 0.3 is 0 Å². The van der Waals surface area contributed by atoms with Gasteiger partial charge in [-0.25, -0.2) is 0 Å². The van der Waals surface area contributed by atoms with Crippen molar-refractivity contribution < 1.29 is 0 Å².